The number of likely N-dealkylation sites (tertiary alicyclic amines) is 1. The number of hydrogen-bond donors (Lipinski definition) is 0. The van der Waals surface area contributed by atoms with Crippen LogP contribution in [-0.4, -0.2) is 42.8 Å². The number of fused-ring (bicyclic) bond motifs is 1. The molecule has 4 rings (SSSR count). The lowest BCUT2D eigenvalue weighted by atomic mass is 9.94. The SMILES string of the molecule is CC(C)(C)[Si](C)(C)OC1C=C2CN(C(C(=O)C3CC3)c3ccccc3F)CCC2S1. The Labute approximate surface area is 185 Å². The third-order valence-corrected chi connectivity index (χ3v) is 13.2. The van der Waals surface area contributed by atoms with Crippen LogP contribution in [0, 0.1) is 11.7 Å². The fourth-order valence-corrected chi connectivity index (χ4v) is 7.24. The van der Waals surface area contributed by atoms with Gasteiger partial charge in [0, 0.05) is 29.8 Å². The van der Waals surface area contributed by atoms with Crippen molar-refractivity contribution in [2.75, 3.05) is 13.1 Å². The quantitative estimate of drug-likeness (QED) is 0.399. The molecule has 0 amide bonds. The summed E-state index contributed by atoms with van der Waals surface area (Å²) in [5.41, 5.74) is 1.98. The molecular weight excluding hydrogens is 413 g/mol. The number of hydrogen-bond acceptors (Lipinski definition) is 4. The predicted molar refractivity (Wildman–Crippen MR) is 125 cm³/mol. The number of ketones is 1. The number of benzene rings is 1. The van der Waals surface area contributed by atoms with Crippen molar-refractivity contribution in [3.63, 3.8) is 0 Å². The van der Waals surface area contributed by atoms with Gasteiger partial charge in [0.2, 0.25) is 0 Å². The van der Waals surface area contributed by atoms with Gasteiger partial charge in [0.25, 0.3) is 0 Å². The molecule has 30 heavy (non-hydrogen) atoms. The summed E-state index contributed by atoms with van der Waals surface area (Å²) in [6, 6.07) is 6.33. The number of nitrogens with zero attached hydrogens (tertiary/aromatic N) is 1. The summed E-state index contributed by atoms with van der Waals surface area (Å²) in [4.78, 5) is 15.4. The maximum atomic E-state index is 14.7. The maximum Gasteiger partial charge on any atom is 0.194 e. The van der Waals surface area contributed by atoms with Gasteiger partial charge < -0.3 is 4.43 Å². The van der Waals surface area contributed by atoms with Crippen molar-refractivity contribution in [2.45, 2.75) is 74.9 Å². The van der Waals surface area contributed by atoms with Crippen LogP contribution in [0.25, 0.3) is 0 Å². The van der Waals surface area contributed by atoms with Crippen LogP contribution in [0.2, 0.25) is 18.1 Å². The number of carbonyl (C=O) groups is 1. The molecule has 3 aliphatic rings. The van der Waals surface area contributed by atoms with E-state index in [1.807, 2.05) is 17.8 Å². The Kier molecular flexibility index (Phi) is 6.07. The Morgan fingerprint density at radius 1 is 1.23 bits per heavy atom. The summed E-state index contributed by atoms with van der Waals surface area (Å²) < 4.78 is 21.3. The normalized spacial score (nSPS) is 26.3. The van der Waals surface area contributed by atoms with E-state index in [2.05, 4.69) is 44.8 Å². The fourth-order valence-electron chi connectivity index (χ4n) is 4.14. The number of thioether (sulfide) groups is 1. The number of Topliss-reactive ketones (excluding diaryl/α,β-unsaturated/α-hetero) is 1. The van der Waals surface area contributed by atoms with Gasteiger partial charge in [0.15, 0.2) is 14.1 Å². The molecule has 0 spiro atoms. The molecule has 2 fully saturated rings. The van der Waals surface area contributed by atoms with Crippen LogP contribution in [0.15, 0.2) is 35.9 Å². The van der Waals surface area contributed by atoms with Crippen molar-refractivity contribution in [2.24, 2.45) is 5.92 Å². The summed E-state index contributed by atoms with van der Waals surface area (Å²) in [5.74, 6) is 0.0281. The monoisotopic (exact) mass is 447 g/mol. The molecule has 2 aliphatic heterocycles. The summed E-state index contributed by atoms with van der Waals surface area (Å²) >= 11 is 1.91. The largest absolute Gasteiger partial charge is 0.402 e. The maximum absolute atomic E-state index is 14.7. The number of carbonyl (C=O) groups excluding carboxylic acids is 1. The number of rotatable bonds is 6. The fraction of sp³-hybridized carbons (Fsp3) is 0.625. The van der Waals surface area contributed by atoms with Crippen molar-refractivity contribution < 1.29 is 13.6 Å². The first-order valence-electron chi connectivity index (χ1n) is 11.1. The number of piperidine rings is 1. The molecule has 1 saturated carbocycles. The van der Waals surface area contributed by atoms with Crippen LogP contribution in [0.1, 0.15) is 51.6 Å². The van der Waals surface area contributed by atoms with Gasteiger partial charge in [-0.2, -0.15) is 0 Å². The van der Waals surface area contributed by atoms with E-state index >= 15 is 0 Å². The third-order valence-electron chi connectivity index (χ3n) is 7.16. The van der Waals surface area contributed by atoms with E-state index in [-0.39, 0.29) is 28.0 Å². The topological polar surface area (TPSA) is 29.5 Å². The van der Waals surface area contributed by atoms with Crippen LogP contribution >= 0.6 is 11.8 Å². The lowest BCUT2D eigenvalue weighted by molar-refractivity contribution is -0.126. The zero-order valence-electron chi connectivity index (χ0n) is 18.8. The van der Waals surface area contributed by atoms with Gasteiger partial charge in [-0.3, -0.25) is 9.69 Å². The highest BCUT2D eigenvalue weighted by atomic mass is 32.2. The smallest absolute Gasteiger partial charge is 0.194 e. The Balaban J connectivity index is 1.53. The first-order chi connectivity index (χ1) is 14.1. The molecule has 0 radical (unpaired) electrons. The van der Waals surface area contributed by atoms with Crippen molar-refractivity contribution >= 4 is 25.9 Å². The number of halogens is 1. The van der Waals surface area contributed by atoms with Crippen molar-refractivity contribution in [1.82, 2.24) is 4.90 Å². The zero-order chi connectivity index (χ0) is 21.7. The minimum atomic E-state index is -1.84. The van der Waals surface area contributed by atoms with E-state index < -0.39 is 14.4 Å². The van der Waals surface area contributed by atoms with Gasteiger partial charge >= 0.3 is 0 Å². The highest BCUT2D eigenvalue weighted by molar-refractivity contribution is 8.01. The van der Waals surface area contributed by atoms with E-state index in [0.717, 1.165) is 32.4 Å². The van der Waals surface area contributed by atoms with Crippen molar-refractivity contribution in [1.29, 1.82) is 0 Å². The second-order valence-electron chi connectivity index (χ2n) is 10.5. The molecule has 1 aromatic rings. The van der Waals surface area contributed by atoms with E-state index in [1.165, 1.54) is 11.6 Å². The van der Waals surface area contributed by atoms with E-state index in [9.17, 15) is 9.18 Å². The van der Waals surface area contributed by atoms with E-state index in [0.29, 0.717) is 10.8 Å². The Hall–Kier alpha value is -0.953. The molecule has 0 aromatic heterocycles. The minimum Gasteiger partial charge on any atom is -0.402 e. The van der Waals surface area contributed by atoms with Gasteiger partial charge in [-0.15, -0.1) is 11.8 Å². The van der Waals surface area contributed by atoms with Crippen molar-refractivity contribution in [3.05, 3.63) is 47.3 Å². The van der Waals surface area contributed by atoms with Crippen LogP contribution in [0.3, 0.4) is 0 Å². The molecule has 1 aromatic carbocycles. The molecule has 6 heteroatoms. The standard InChI is InChI=1S/C24H34FNO2SSi/c1-24(2,3)30(4,5)28-21-14-17-15-26(13-12-20(17)29-21)22(23(27)16-10-11-16)18-8-6-7-9-19(18)25/h6-9,14,16,20-22H,10-13,15H2,1-5H3. The van der Waals surface area contributed by atoms with Gasteiger partial charge in [-0.1, -0.05) is 39.0 Å². The lowest BCUT2D eigenvalue weighted by Crippen LogP contribution is -2.42. The van der Waals surface area contributed by atoms with Gasteiger partial charge in [0.05, 0.1) is 6.04 Å². The molecule has 3 unspecified atom stereocenters. The first-order valence-corrected chi connectivity index (χ1v) is 15.0. The van der Waals surface area contributed by atoms with Crippen LogP contribution in [0.5, 0.6) is 0 Å². The summed E-state index contributed by atoms with van der Waals surface area (Å²) in [6.07, 6.45) is 5.15. The van der Waals surface area contributed by atoms with Crippen molar-refractivity contribution in [3.8, 4) is 0 Å². The lowest BCUT2D eigenvalue weighted by Gasteiger charge is -2.38. The average molecular weight is 448 g/mol. The van der Waals surface area contributed by atoms with Gasteiger partial charge in [-0.05, 0) is 55.1 Å². The Bertz CT molecular complexity index is 846. The van der Waals surface area contributed by atoms with Crippen LogP contribution in [0.4, 0.5) is 4.39 Å². The van der Waals surface area contributed by atoms with Crippen LogP contribution in [-0.2, 0) is 9.22 Å². The second-order valence-corrected chi connectivity index (χ2v) is 16.5. The predicted octanol–water partition coefficient (Wildman–Crippen LogP) is 5.94. The van der Waals surface area contributed by atoms with Crippen LogP contribution < -0.4 is 0 Å². The molecule has 3 atom stereocenters. The summed E-state index contributed by atoms with van der Waals surface area (Å²) in [5, 5.41) is 0.631. The minimum absolute atomic E-state index is 0.0943. The average Bonchev–Trinajstić information content (AvgIpc) is 3.43. The van der Waals surface area contributed by atoms with E-state index in [4.69, 9.17) is 4.43 Å². The Morgan fingerprint density at radius 3 is 2.57 bits per heavy atom. The summed E-state index contributed by atoms with van der Waals surface area (Å²) in [6.45, 7) is 12.9. The second kappa shape index (κ2) is 8.19. The molecule has 0 bridgehead atoms. The summed E-state index contributed by atoms with van der Waals surface area (Å²) in [7, 11) is -1.84. The molecular formula is C24H34FNO2SSi. The molecule has 2 heterocycles. The highest BCUT2D eigenvalue weighted by Crippen LogP contribution is 2.46. The van der Waals surface area contributed by atoms with Gasteiger partial charge in [0.1, 0.15) is 11.3 Å². The third kappa shape index (κ3) is 4.47. The zero-order valence-corrected chi connectivity index (χ0v) is 20.6. The first kappa shape index (κ1) is 22.2. The molecule has 164 valence electrons. The van der Waals surface area contributed by atoms with E-state index in [1.54, 1.807) is 12.1 Å². The van der Waals surface area contributed by atoms with Gasteiger partial charge in [-0.25, -0.2) is 4.39 Å². The molecule has 1 aliphatic carbocycles. The molecule has 1 saturated heterocycles. The highest BCUT2D eigenvalue weighted by Gasteiger charge is 2.44. The molecule has 0 N–H and O–H groups in total. The molecule has 3 nitrogen and oxygen atoms in total. The Morgan fingerprint density at radius 2 is 1.93 bits per heavy atom.